The summed E-state index contributed by atoms with van der Waals surface area (Å²) in [6.45, 7) is 12.1. The highest BCUT2D eigenvalue weighted by Gasteiger charge is 2.31. The van der Waals surface area contributed by atoms with Crippen molar-refractivity contribution in [3.63, 3.8) is 0 Å². The first-order valence-corrected chi connectivity index (χ1v) is 48.9. The molecule has 17 nitrogen and oxygen atoms in total. The molecule has 0 aliphatic carbocycles. The Labute approximate surface area is 664 Å². The maximum atomic E-state index is 13.2. The third kappa shape index (κ3) is 80.7. The van der Waals surface area contributed by atoms with E-state index in [1.165, 1.54) is 283 Å². The minimum absolute atomic E-state index is 0.108. The lowest BCUT2D eigenvalue weighted by atomic mass is 9.99. The summed E-state index contributed by atoms with van der Waals surface area (Å²) in [5.41, 5.74) is 0. The molecule has 0 spiro atoms. The van der Waals surface area contributed by atoms with E-state index >= 15 is 0 Å². The van der Waals surface area contributed by atoms with Crippen molar-refractivity contribution in [3.05, 3.63) is 0 Å². The van der Waals surface area contributed by atoms with Gasteiger partial charge >= 0.3 is 39.5 Å². The third-order valence-electron chi connectivity index (χ3n) is 21.2. The SMILES string of the molecule is CCCCCCCCCCCCCCCCCCCCC(=O)O[C@H](COC(=O)CCCCCCCCCCC(C)CC)COP(=O)(O)OC[C@H](O)COP(=O)(O)OC[C@@H](COC(=O)CCCCCCCCCCCCCCCCCCC(C)C)OC(=O)CCCCCCCCCCCCCCCCCCC(C)C. The van der Waals surface area contributed by atoms with Crippen molar-refractivity contribution in [2.24, 2.45) is 17.8 Å². The summed E-state index contributed by atoms with van der Waals surface area (Å²) in [6.07, 6.45) is 70.7. The standard InChI is InChI=1S/C89H174O17P2/c1-8-10-11-12-13-14-15-16-17-18-19-27-32-37-42-51-58-65-73-89(94)106-85(77-100-87(92)71-64-57-50-45-44-48-55-62-69-82(7)9-2)79-104-108(97,98)102-75-83(90)74-101-107(95,96)103-78-84(105-88(93)72-66-59-52-43-38-33-28-23-21-25-30-35-40-47-54-61-68-81(5)6)76-99-86(91)70-63-56-49-41-36-31-26-22-20-24-29-34-39-46-53-60-67-80(3)4/h80-85,90H,8-79H2,1-7H3,(H,95,96)(H,97,98)/t82?,83-,84-,85-/m1/s1. The van der Waals surface area contributed by atoms with Crippen molar-refractivity contribution in [3.8, 4) is 0 Å². The van der Waals surface area contributed by atoms with Crippen molar-refractivity contribution in [2.75, 3.05) is 39.6 Å². The second-order valence-electron chi connectivity index (χ2n) is 33.2. The number of aliphatic hydroxyl groups excluding tert-OH is 1. The third-order valence-corrected chi connectivity index (χ3v) is 23.1. The lowest BCUT2D eigenvalue weighted by Gasteiger charge is -2.21. The summed E-state index contributed by atoms with van der Waals surface area (Å²) in [5, 5.41) is 10.7. The van der Waals surface area contributed by atoms with Gasteiger partial charge in [0, 0.05) is 25.7 Å². The molecule has 0 bridgehead atoms. The molecule has 0 saturated carbocycles. The topological polar surface area (TPSA) is 237 Å². The molecule has 0 saturated heterocycles. The van der Waals surface area contributed by atoms with Crippen molar-refractivity contribution >= 4 is 39.5 Å². The Morgan fingerprint density at radius 1 is 0.269 bits per heavy atom. The summed E-state index contributed by atoms with van der Waals surface area (Å²) in [6, 6.07) is 0. The van der Waals surface area contributed by atoms with Gasteiger partial charge in [0.15, 0.2) is 12.2 Å². The molecular weight excluding hydrogens is 1400 g/mol. The number of unbranched alkanes of at least 4 members (excludes halogenated alkanes) is 54. The molecule has 3 N–H and O–H groups in total. The lowest BCUT2D eigenvalue weighted by molar-refractivity contribution is -0.161. The van der Waals surface area contributed by atoms with Gasteiger partial charge in [0.05, 0.1) is 26.4 Å². The van der Waals surface area contributed by atoms with E-state index in [4.69, 9.17) is 37.0 Å². The monoisotopic (exact) mass is 1580 g/mol. The van der Waals surface area contributed by atoms with Crippen LogP contribution in [-0.4, -0.2) is 96.7 Å². The number of carbonyl (C=O) groups is 4. The molecule has 642 valence electrons. The van der Waals surface area contributed by atoms with Crippen LogP contribution in [0.25, 0.3) is 0 Å². The molecule has 0 heterocycles. The van der Waals surface area contributed by atoms with E-state index in [9.17, 15) is 43.2 Å². The van der Waals surface area contributed by atoms with Gasteiger partial charge in [0.2, 0.25) is 0 Å². The molecule has 0 aliphatic rings. The van der Waals surface area contributed by atoms with E-state index in [-0.39, 0.29) is 25.7 Å². The number of aliphatic hydroxyl groups is 1. The fourth-order valence-electron chi connectivity index (χ4n) is 13.9. The van der Waals surface area contributed by atoms with Crippen LogP contribution in [0.5, 0.6) is 0 Å². The summed E-state index contributed by atoms with van der Waals surface area (Å²) in [5.74, 6) is 0.299. The van der Waals surface area contributed by atoms with Crippen molar-refractivity contribution in [1.82, 2.24) is 0 Å². The molecule has 0 radical (unpaired) electrons. The number of rotatable bonds is 87. The Morgan fingerprint density at radius 2 is 0.472 bits per heavy atom. The van der Waals surface area contributed by atoms with Crippen molar-refractivity contribution in [2.45, 2.75) is 491 Å². The average molecular weight is 1580 g/mol. The number of hydrogen-bond acceptors (Lipinski definition) is 15. The minimum Gasteiger partial charge on any atom is -0.462 e. The van der Waals surface area contributed by atoms with E-state index in [0.29, 0.717) is 25.7 Å². The number of hydrogen-bond donors (Lipinski definition) is 3. The Morgan fingerprint density at radius 3 is 0.704 bits per heavy atom. The number of ether oxygens (including phenoxy) is 4. The van der Waals surface area contributed by atoms with E-state index < -0.39 is 97.5 Å². The second-order valence-corrected chi connectivity index (χ2v) is 36.1. The van der Waals surface area contributed by atoms with Crippen molar-refractivity contribution < 1.29 is 80.2 Å². The summed E-state index contributed by atoms with van der Waals surface area (Å²) in [4.78, 5) is 73.4. The van der Waals surface area contributed by atoms with Gasteiger partial charge < -0.3 is 33.8 Å². The minimum atomic E-state index is -4.97. The Kier molecular flexibility index (Phi) is 77.5. The highest BCUT2D eigenvalue weighted by molar-refractivity contribution is 7.47. The lowest BCUT2D eigenvalue weighted by Crippen LogP contribution is -2.30. The zero-order valence-electron chi connectivity index (χ0n) is 71.3. The van der Waals surface area contributed by atoms with Gasteiger partial charge in [-0.3, -0.25) is 37.3 Å². The van der Waals surface area contributed by atoms with Gasteiger partial charge in [-0.1, -0.05) is 421 Å². The first kappa shape index (κ1) is 106. The normalized spacial score (nSPS) is 14.1. The van der Waals surface area contributed by atoms with Crippen LogP contribution in [0.4, 0.5) is 0 Å². The molecule has 0 aromatic carbocycles. The predicted octanol–water partition coefficient (Wildman–Crippen LogP) is 27.3. The van der Waals surface area contributed by atoms with E-state index in [2.05, 4.69) is 48.5 Å². The largest absolute Gasteiger partial charge is 0.472 e. The number of phosphoric ester groups is 2. The van der Waals surface area contributed by atoms with Gasteiger partial charge in [-0.2, -0.15) is 0 Å². The molecule has 0 rings (SSSR count). The van der Waals surface area contributed by atoms with Crippen LogP contribution >= 0.6 is 15.6 Å². The summed E-state index contributed by atoms with van der Waals surface area (Å²) < 4.78 is 69.0. The molecular formula is C89H174O17P2. The van der Waals surface area contributed by atoms with E-state index in [1.807, 2.05) is 0 Å². The van der Waals surface area contributed by atoms with Crippen LogP contribution in [0.2, 0.25) is 0 Å². The Bertz CT molecular complexity index is 2080. The smallest absolute Gasteiger partial charge is 0.462 e. The maximum Gasteiger partial charge on any atom is 0.472 e. The highest BCUT2D eigenvalue weighted by atomic mass is 31.2. The fourth-order valence-corrected chi connectivity index (χ4v) is 15.4. The fraction of sp³-hybridized carbons (Fsp3) is 0.955. The second kappa shape index (κ2) is 78.9. The van der Waals surface area contributed by atoms with Crippen LogP contribution in [0.1, 0.15) is 472 Å². The molecule has 0 aromatic rings. The predicted molar refractivity (Wildman–Crippen MR) is 446 cm³/mol. The molecule has 19 heteroatoms. The molecule has 3 unspecified atom stereocenters. The van der Waals surface area contributed by atoms with Gasteiger partial charge in [0.25, 0.3) is 0 Å². The van der Waals surface area contributed by atoms with Crippen LogP contribution in [0, 0.1) is 17.8 Å². The molecule has 0 fully saturated rings. The van der Waals surface area contributed by atoms with Crippen LogP contribution in [0.15, 0.2) is 0 Å². The van der Waals surface area contributed by atoms with E-state index in [1.54, 1.807) is 0 Å². The zero-order chi connectivity index (χ0) is 79.3. The van der Waals surface area contributed by atoms with Crippen LogP contribution in [0.3, 0.4) is 0 Å². The van der Waals surface area contributed by atoms with Gasteiger partial charge in [0.1, 0.15) is 19.3 Å². The zero-order valence-corrected chi connectivity index (χ0v) is 73.1. The molecule has 0 amide bonds. The Balaban J connectivity index is 5.26. The first-order chi connectivity index (χ1) is 52.3. The van der Waals surface area contributed by atoms with Crippen molar-refractivity contribution in [1.29, 1.82) is 0 Å². The summed E-state index contributed by atoms with van der Waals surface area (Å²) >= 11 is 0. The number of carbonyl (C=O) groups excluding carboxylic acids is 4. The highest BCUT2D eigenvalue weighted by Crippen LogP contribution is 2.45. The quantitative estimate of drug-likeness (QED) is 0.0222. The maximum absolute atomic E-state index is 13.2. The van der Waals surface area contributed by atoms with E-state index in [0.717, 1.165) is 108 Å². The van der Waals surface area contributed by atoms with Gasteiger partial charge in [-0.15, -0.1) is 0 Å². The molecule has 6 atom stereocenters. The molecule has 0 aromatic heterocycles. The summed E-state index contributed by atoms with van der Waals surface area (Å²) in [7, 11) is -9.93. The molecule has 0 aliphatic heterocycles. The van der Waals surface area contributed by atoms with Crippen LogP contribution in [-0.2, 0) is 65.4 Å². The van der Waals surface area contributed by atoms with Crippen LogP contribution < -0.4 is 0 Å². The Hall–Kier alpha value is -1.94. The first-order valence-electron chi connectivity index (χ1n) is 45.9. The number of phosphoric acid groups is 2. The number of esters is 4. The van der Waals surface area contributed by atoms with Gasteiger partial charge in [-0.25, -0.2) is 9.13 Å². The average Bonchev–Trinajstić information content (AvgIpc) is 0.897. The van der Waals surface area contributed by atoms with Gasteiger partial charge in [-0.05, 0) is 43.4 Å². The molecule has 108 heavy (non-hydrogen) atoms.